The fraction of sp³-hybridized carbons (Fsp3) is 0.729. The average molecular weight is 817 g/mol. The molecule has 0 aliphatic carbocycles. The number of hydrogen-bond acceptors (Lipinski definition) is 10. The summed E-state index contributed by atoms with van der Waals surface area (Å²) >= 11 is 0. The van der Waals surface area contributed by atoms with Crippen molar-refractivity contribution < 1.29 is 23.7 Å². The molecule has 59 heavy (non-hydrogen) atoms. The Kier molecular flexibility index (Phi) is 17.2. The molecule has 0 aromatic heterocycles. The zero-order valence-corrected chi connectivity index (χ0v) is 36.5. The number of nitrogens with zero attached hydrogens (tertiary/aromatic N) is 5. The number of carbonyl (C=O) groups excluding carboxylic acids is 1. The normalized spacial score (nSPS) is 23.1. The molecule has 1 N–H and O–H groups in total. The Morgan fingerprint density at radius 3 is 1.58 bits per heavy atom. The van der Waals surface area contributed by atoms with Crippen LogP contribution in [-0.4, -0.2) is 175 Å². The lowest BCUT2D eigenvalue weighted by Gasteiger charge is -2.44. The Bertz CT molecular complexity index is 1490. The molecular weight excluding hydrogens is 741 g/mol. The van der Waals surface area contributed by atoms with E-state index in [0.717, 1.165) is 121 Å². The minimum atomic E-state index is -0.454. The Morgan fingerprint density at radius 2 is 1.07 bits per heavy atom. The molecule has 6 aliphatic heterocycles. The van der Waals surface area contributed by atoms with Crippen molar-refractivity contribution in [1.29, 1.82) is 0 Å². The van der Waals surface area contributed by atoms with E-state index in [-0.39, 0.29) is 11.3 Å². The third-order valence-electron chi connectivity index (χ3n) is 14.1. The lowest BCUT2D eigenvalue weighted by Crippen LogP contribution is -2.55. The second kappa shape index (κ2) is 22.9. The molecule has 0 radical (unpaired) electrons. The number of ether oxygens (including phenoxy) is 4. The molecule has 0 bridgehead atoms. The van der Waals surface area contributed by atoms with Crippen molar-refractivity contribution in [1.82, 2.24) is 29.8 Å². The Labute approximate surface area is 356 Å². The average Bonchev–Trinajstić information content (AvgIpc) is 4.04. The summed E-state index contributed by atoms with van der Waals surface area (Å²) in [5.41, 5.74) is 2.34. The number of rotatable bonds is 16. The third-order valence-corrected chi connectivity index (χ3v) is 14.1. The fourth-order valence-corrected chi connectivity index (χ4v) is 10.3. The molecule has 0 spiro atoms. The van der Waals surface area contributed by atoms with Gasteiger partial charge in [0.15, 0.2) is 0 Å². The largest absolute Gasteiger partial charge is 0.494 e. The van der Waals surface area contributed by atoms with E-state index in [1.54, 1.807) is 0 Å². The maximum absolute atomic E-state index is 13.5. The predicted molar refractivity (Wildman–Crippen MR) is 236 cm³/mol. The topological polar surface area (TPSA) is 82.2 Å². The van der Waals surface area contributed by atoms with Gasteiger partial charge in [-0.1, -0.05) is 31.2 Å². The van der Waals surface area contributed by atoms with Crippen LogP contribution in [0.3, 0.4) is 0 Å². The summed E-state index contributed by atoms with van der Waals surface area (Å²) in [5, 5.41) is 3.34. The van der Waals surface area contributed by atoms with Gasteiger partial charge in [0.05, 0.1) is 18.6 Å². The Balaban J connectivity index is 0.000000179. The number of piperazine rings is 2. The van der Waals surface area contributed by atoms with Crippen molar-refractivity contribution in [3.63, 3.8) is 0 Å². The van der Waals surface area contributed by atoms with Crippen molar-refractivity contribution in [3.05, 3.63) is 59.7 Å². The minimum absolute atomic E-state index is 0.223. The van der Waals surface area contributed by atoms with Crippen LogP contribution in [0.1, 0.15) is 82.3 Å². The van der Waals surface area contributed by atoms with Crippen LogP contribution < -0.4 is 14.8 Å². The van der Waals surface area contributed by atoms with E-state index >= 15 is 0 Å². The van der Waals surface area contributed by atoms with Gasteiger partial charge in [-0.05, 0) is 132 Å². The molecule has 8 rings (SSSR count). The van der Waals surface area contributed by atoms with Gasteiger partial charge in [0.25, 0.3) is 0 Å². The van der Waals surface area contributed by atoms with Gasteiger partial charge >= 0.3 is 0 Å². The molecule has 328 valence electrons. The van der Waals surface area contributed by atoms with Crippen LogP contribution in [0.4, 0.5) is 0 Å². The molecule has 0 atom stereocenters. The van der Waals surface area contributed by atoms with Crippen molar-refractivity contribution in [2.45, 2.75) is 82.0 Å². The number of benzene rings is 2. The smallest absolute Gasteiger partial charge is 0.233 e. The molecule has 11 heteroatoms. The van der Waals surface area contributed by atoms with Crippen LogP contribution >= 0.6 is 0 Å². The highest BCUT2D eigenvalue weighted by atomic mass is 16.5. The van der Waals surface area contributed by atoms with Crippen LogP contribution in [0.15, 0.2) is 48.5 Å². The number of hydrogen-bond donors (Lipinski definition) is 1. The van der Waals surface area contributed by atoms with Crippen LogP contribution in [0.5, 0.6) is 11.5 Å². The molecule has 0 unspecified atom stereocenters. The zero-order valence-electron chi connectivity index (χ0n) is 36.5. The molecule has 0 saturated carbocycles. The summed E-state index contributed by atoms with van der Waals surface area (Å²) in [5.74, 6) is 2.17. The van der Waals surface area contributed by atoms with Gasteiger partial charge in [-0.2, -0.15) is 0 Å². The van der Waals surface area contributed by atoms with E-state index < -0.39 is 5.41 Å². The molecule has 6 heterocycles. The molecule has 11 nitrogen and oxygen atoms in total. The van der Waals surface area contributed by atoms with Crippen LogP contribution in [-0.2, 0) is 25.1 Å². The molecule has 6 fully saturated rings. The SMILES string of the molecule is CCN1CCN(CC2(c3ccc(OCCCN4CCCC4)cc3)CCOCC2)CC1.O=C(N1CCNCC1)C1(c2ccc(OCCCN3CCCC3)cc2)CCOCC1. The number of carbonyl (C=O) groups is 1. The maximum Gasteiger partial charge on any atom is 0.233 e. The van der Waals surface area contributed by atoms with Gasteiger partial charge < -0.3 is 43.9 Å². The summed E-state index contributed by atoms with van der Waals surface area (Å²) in [6.07, 6.45) is 11.3. The second-order valence-corrected chi connectivity index (χ2v) is 17.9. The number of likely N-dealkylation sites (N-methyl/N-ethyl adjacent to an activating group) is 1. The lowest BCUT2D eigenvalue weighted by atomic mass is 9.73. The molecule has 1 amide bonds. The van der Waals surface area contributed by atoms with E-state index in [1.165, 1.54) is 96.7 Å². The van der Waals surface area contributed by atoms with Crippen molar-refractivity contribution in [2.75, 3.05) is 144 Å². The van der Waals surface area contributed by atoms with Gasteiger partial charge in [0.2, 0.25) is 5.91 Å². The van der Waals surface area contributed by atoms with Crippen LogP contribution in [0, 0.1) is 0 Å². The van der Waals surface area contributed by atoms with Crippen molar-refractivity contribution in [3.8, 4) is 11.5 Å². The summed E-state index contributed by atoms with van der Waals surface area (Å²) in [6, 6.07) is 17.3. The quantitative estimate of drug-likeness (QED) is 0.227. The fourth-order valence-electron chi connectivity index (χ4n) is 10.3. The van der Waals surface area contributed by atoms with Gasteiger partial charge in [-0.3, -0.25) is 9.69 Å². The van der Waals surface area contributed by atoms with Gasteiger partial charge in [-0.25, -0.2) is 0 Å². The highest BCUT2D eigenvalue weighted by molar-refractivity contribution is 5.88. The van der Waals surface area contributed by atoms with Gasteiger partial charge in [-0.15, -0.1) is 0 Å². The summed E-state index contributed by atoms with van der Waals surface area (Å²) < 4.78 is 23.4. The van der Waals surface area contributed by atoms with Crippen molar-refractivity contribution in [2.24, 2.45) is 0 Å². The third kappa shape index (κ3) is 12.4. The van der Waals surface area contributed by atoms with E-state index in [4.69, 9.17) is 18.9 Å². The van der Waals surface area contributed by atoms with E-state index in [1.807, 2.05) is 17.0 Å². The highest BCUT2D eigenvalue weighted by Crippen LogP contribution is 2.39. The van der Waals surface area contributed by atoms with Gasteiger partial charge in [0.1, 0.15) is 11.5 Å². The van der Waals surface area contributed by atoms with E-state index in [9.17, 15) is 4.79 Å². The molecule has 6 saturated heterocycles. The Morgan fingerprint density at radius 1 is 0.593 bits per heavy atom. The monoisotopic (exact) mass is 817 g/mol. The maximum atomic E-state index is 13.5. The first-order chi connectivity index (χ1) is 29.0. The van der Waals surface area contributed by atoms with Crippen LogP contribution in [0.2, 0.25) is 0 Å². The number of likely N-dealkylation sites (tertiary alicyclic amines) is 2. The molecule has 2 aromatic carbocycles. The van der Waals surface area contributed by atoms with Crippen molar-refractivity contribution >= 4 is 5.91 Å². The number of amides is 1. The Hall–Kier alpha value is -2.77. The zero-order chi connectivity index (χ0) is 40.6. The molecular formula is C48H76N6O5. The first-order valence-corrected chi connectivity index (χ1v) is 23.6. The standard InChI is InChI=1S/C25H41N3O2.C23H35N3O3/c1-2-26-15-17-28(18-16-26)22-25(10-20-29-21-11-25)23-6-8-24(9-7-23)30-19-5-14-27-12-3-4-13-27;27-22(26-15-10-24-11-16-26)23(8-18-28-19-9-23)20-4-6-21(7-5-20)29-17-3-14-25-12-1-2-13-25/h6-9H,2-5,10-22H2,1H3;4-7,24H,1-3,8-19H2. The summed E-state index contributed by atoms with van der Waals surface area (Å²) in [7, 11) is 0. The van der Waals surface area contributed by atoms with Crippen LogP contribution in [0.25, 0.3) is 0 Å². The molecule has 2 aromatic rings. The predicted octanol–water partition coefficient (Wildman–Crippen LogP) is 5.27. The summed E-state index contributed by atoms with van der Waals surface area (Å²) in [4.78, 5) is 25.8. The lowest BCUT2D eigenvalue weighted by molar-refractivity contribution is -0.142. The first-order valence-electron chi connectivity index (χ1n) is 23.6. The van der Waals surface area contributed by atoms with E-state index in [0.29, 0.717) is 13.2 Å². The highest BCUT2D eigenvalue weighted by Gasteiger charge is 2.44. The summed E-state index contributed by atoms with van der Waals surface area (Å²) in [6.45, 7) is 24.6. The minimum Gasteiger partial charge on any atom is -0.494 e. The van der Waals surface area contributed by atoms with Gasteiger partial charge in [0, 0.05) is 104 Å². The van der Waals surface area contributed by atoms with E-state index in [2.05, 4.69) is 68.2 Å². The molecule has 6 aliphatic rings. The second-order valence-electron chi connectivity index (χ2n) is 17.9. The number of nitrogens with one attached hydrogen (secondary N) is 1. The first kappa shape index (κ1) is 44.3.